The van der Waals surface area contributed by atoms with Crippen LogP contribution in [0.1, 0.15) is 18.4 Å². The summed E-state index contributed by atoms with van der Waals surface area (Å²) in [7, 11) is 0. The van der Waals surface area contributed by atoms with E-state index in [1.807, 2.05) is 30.3 Å². The maximum Gasteiger partial charge on any atom is 1.00 e. The molecule has 0 amide bonds. The number of nitriles is 1. The molecule has 0 aromatic heterocycles. The van der Waals surface area contributed by atoms with Crippen LogP contribution in [0.15, 0.2) is 59.4 Å². The minimum atomic E-state index is -0.852. The van der Waals surface area contributed by atoms with E-state index in [2.05, 4.69) is 11.1 Å². The van der Waals surface area contributed by atoms with Crippen molar-refractivity contribution in [3.63, 3.8) is 0 Å². The van der Waals surface area contributed by atoms with Crippen molar-refractivity contribution in [2.24, 2.45) is 10.4 Å². The van der Waals surface area contributed by atoms with E-state index in [-0.39, 0.29) is 41.2 Å². The van der Waals surface area contributed by atoms with Crippen LogP contribution in [0.4, 0.5) is 0 Å². The molecular weight excluding hydrogens is 259 g/mol. The molecule has 0 saturated carbocycles. The molecule has 2 rings (SSSR count). The van der Waals surface area contributed by atoms with Gasteiger partial charge in [-0.3, -0.25) is 4.99 Å². The van der Waals surface area contributed by atoms with Crippen molar-refractivity contribution in [2.75, 3.05) is 0 Å². The first-order valence-electron chi connectivity index (χ1n) is 6.05. The zero-order valence-electron chi connectivity index (χ0n) is 11.7. The summed E-state index contributed by atoms with van der Waals surface area (Å²) in [5.74, 6) is -0.355. The van der Waals surface area contributed by atoms with Crippen molar-refractivity contribution in [1.82, 2.24) is 0 Å². The van der Waals surface area contributed by atoms with Gasteiger partial charge >= 0.3 is 29.6 Å². The van der Waals surface area contributed by atoms with Crippen LogP contribution in [0.2, 0.25) is 0 Å². The molecule has 20 heavy (non-hydrogen) atoms. The number of hydrogen-bond acceptors (Lipinski definition) is 3. The van der Waals surface area contributed by atoms with Crippen LogP contribution in [-0.2, 0) is 0 Å². The Morgan fingerprint density at radius 2 is 2.10 bits per heavy atom. The van der Waals surface area contributed by atoms with Gasteiger partial charge in [0.15, 0.2) is 0 Å². The standard InChI is InChI=1S/C16H15N2O.Na/c1-13(19)11-15(14-5-3-2-4-6-14)16(12-17)7-9-18-10-8-16;/h2-11,15,19H,1H3;/q;+1/p-1/b13-11-;. The molecule has 0 N–H and O–H groups in total. The Morgan fingerprint density at radius 3 is 2.60 bits per heavy atom. The first kappa shape index (κ1) is 16.7. The Bertz CT molecular complexity index is 568. The fourth-order valence-electron chi connectivity index (χ4n) is 2.19. The van der Waals surface area contributed by atoms with Gasteiger partial charge in [-0.2, -0.15) is 5.26 Å². The molecule has 3 nitrogen and oxygen atoms in total. The van der Waals surface area contributed by atoms with Gasteiger partial charge in [-0.25, -0.2) is 0 Å². The molecular formula is C16H14N2NaO. The van der Waals surface area contributed by atoms with Crippen LogP contribution < -0.4 is 34.7 Å². The molecule has 1 radical (unpaired) electrons. The Labute approximate surface area is 141 Å². The molecule has 95 valence electrons. The molecule has 2 unspecified atom stereocenters. The molecule has 4 heteroatoms. The number of hydrogen-bond donors (Lipinski definition) is 0. The average molecular weight is 273 g/mol. The molecule has 0 saturated heterocycles. The zero-order valence-corrected chi connectivity index (χ0v) is 13.7. The number of rotatable bonds is 3. The van der Waals surface area contributed by atoms with Gasteiger partial charge in [0, 0.05) is 24.8 Å². The Balaban J connectivity index is 0.00000200. The molecule has 0 aliphatic carbocycles. The minimum absolute atomic E-state index is 0. The van der Waals surface area contributed by atoms with Gasteiger partial charge in [0.1, 0.15) is 0 Å². The van der Waals surface area contributed by atoms with Crippen molar-refractivity contribution in [1.29, 1.82) is 5.26 Å². The van der Waals surface area contributed by atoms with E-state index >= 15 is 0 Å². The molecule has 1 heterocycles. The molecule has 1 aromatic rings. The van der Waals surface area contributed by atoms with Crippen LogP contribution in [0, 0.1) is 23.2 Å². The third-order valence-corrected chi connectivity index (χ3v) is 3.14. The number of benzene rings is 1. The predicted molar refractivity (Wildman–Crippen MR) is 72.9 cm³/mol. The smallest absolute Gasteiger partial charge is 0.876 e. The Kier molecular flexibility index (Phi) is 6.22. The first-order chi connectivity index (χ1) is 9.18. The normalized spacial score (nSPS) is 22.7. The molecule has 0 fully saturated rings. The van der Waals surface area contributed by atoms with Gasteiger partial charge in [-0.1, -0.05) is 43.3 Å². The summed E-state index contributed by atoms with van der Waals surface area (Å²) in [6.07, 6.45) is 8.28. The van der Waals surface area contributed by atoms with Gasteiger partial charge in [-0.05, 0) is 11.6 Å². The largest absolute Gasteiger partial charge is 1.00 e. The molecule has 0 bridgehead atoms. The number of nitrogens with zero attached hydrogens (tertiary/aromatic N) is 2. The zero-order chi connectivity index (χ0) is 13.7. The predicted octanol–water partition coefficient (Wildman–Crippen LogP) is -0.649. The van der Waals surface area contributed by atoms with Crippen LogP contribution in [-0.4, -0.2) is 6.21 Å². The number of aliphatic imine (C=N–C) groups is 1. The summed E-state index contributed by atoms with van der Waals surface area (Å²) in [5, 5.41) is 21.1. The van der Waals surface area contributed by atoms with Crippen LogP contribution in [0.25, 0.3) is 0 Å². The van der Waals surface area contributed by atoms with Crippen molar-refractivity contribution in [3.8, 4) is 6.07 Å². The van der Waals surface area contributed by atoms with Crippen LogP contribution >= 0.6 is 0 Å². The van der Waals surface area contributed by atoms with E-state index in [9.17, 15) is 10.4 Å². The van der Waals surface area contributed by atoms with E-state index in [1.54, 1.807) is 31.0 Å². The van der Waals surface area contributed by atoms with Crippen LogP contribution in [0.3, 0.4) is 0 Å². The summed E-state index contributed by atoms with van der Waals surface area (Å²) in [5.41, 5.74) is 0.0878. The molecule has 1 aromatic carbocycles. The minimum Gasteiger partial charge on any atom is -0.876 e. The quantitative estimate of drug-likeness (QED) is 0.543. The second kappa shape index (κ2) is 7.44. The number of allylic oxidation sites excluding steroid dienone is 3. The van der Waals surface area contributed by atoms with Gasteiger partial charge < -0.3 is 5.11 Å². The maximum atomic E-state index is 11.5. The Morgan fingerprint density at radius 1 is 1.40 bits per heavy atom. The van der Waals surface area contributed by atoms with Crippen molar-refractivity contribution < 1.29 is 34.7 Å². The van der Waals surface area contributed by atoms with Crippen molar-refractivity contribution in [2.45, 2.75) is 12.8 Å². The van der Waals surface area contributed by atoms with Crippen LogP contribution in [0.5, 0.6) is 0 Å². The topological polar surface area (TPSA) is 59.2 Å². The fourth-order valence-corrected chi connectivity index (χ4v) is 2.19. The molecule has 1 aliphatic rings. The SMILES string of the molecule is C/C([O-])=C/C(c1ccccc1)C1(C#N)[CH]C=NC=C1.[Na+]. The van der Waals surface area contributed by atoms with E-state index in [0.29, 0.717) is 0 Å². The molecule has 2 atom stereocenters. The summed E-state index contributed by atoms with van der Waals surface area (Å²) in [6.45, 7) is 1.50. The van der Waals surface area contributed by atoms with Gasteiger partial charge in [0.05, 0.1) is 11.5 Å². The fraction of sp³-hybridized carbons (Fsp3) is 0.188. The van der Waals surface area contributed by atoms with Crippen molar-refractivity contribution in [3.05, 3.63) is 66.4 Å². The van der Waals surface area contributed by atoms with Crippen molar-refractivity contribution >= 4 is 6.21 Å². The summed E-state index contributed by atoms with van der Waals surface area (Å²) in [4.78, 5) is 3.96. The third kappa shape index (κ3) is 3.61. The average Bonchev–Trinajstić information content (AvgIpc) is 2.46. The van der Waals surface area contributed by atoms with Gasteiger partial charge in [0.2, 0.25) is 0 Å². The van der Waals surface area contributed by atoms with E-state index in [0.717, 1.165) is 5.56 Å². The Hall–Kier alpha value is -1.34. The summed E-state index contributed by atoms with van der Waals surface area (Å²) < 4.78 is 0. The van der Waals surface area contributed by atoms with E-state index in [4.69, 9.17) is 0 Å². The molecule has 1 aliphatic heterocycles. The first-order valence-corrected chi connectivity index (χ1v) is 6.05. The van der Waals surface area contributed by atoms with E-state index < -0.39 is 5.41 Å². The molecule has 0 spiro atoms. The maximum absolute atomic E-state index is 11.5. The monoisotopic (exact) mass is 273 g/mol. The summed E-state index contributed by atoms with van der Waals surface area (Å²) in [6, 6.07) is 11.9. The summed E-state index contributed by atoms with van der Waals surface area (Å²) >= 11 is 0. The third-order valence-electron chi connectivity index (χ3n) is 3.14. The second-order valence-electron chi connectivity index (χ2n) is 4.49. The van der Waals surface area contributed by atoms with E-state index in [1.165, 1.54) is 6.92 Å². The second-order valence-corrected chi connectivity index (χ2v) is 4.49. The van der Waals surface area contributed by atoms with Gasteiger partial charge in [0.25, 0.3) is 0 Å². The van der Waals surface area contributed by atoms with Gasteiger partial charge in [-0.15, -0.1) is 5.76 Å².